The number of hydrogen-bond acceptors (Lipinski definition) is 4. The molecular weight excluding hydrogens is 296 g/mol. The SMILES string of the molecule is CN1CCC(CN2CCC(N3CC4(CCN(C)CC4)C3)CC2)CC1. The first kappa shape index (κ1) is 17.3. The van der Waals surface area contributed by atoms with Crippen molar-refractivity contribution in [2.24, 2.45) is 11.3 Å². The zero-order valence-electron chi connectivity index (χ0n) is 16.1. The molecule has 4 saturated heterocycles. The molecule has 24 heavy (non-hydrogen) atoms. The van der Waals surface area contributed by atoms with Gasteiger partial charge in [-0.15, -0.1) is 0 Å². The molecule has 0 N–H and O–H groups in total. The first-order valence-electron chi connectivity index (χ1n) is 10.5. The molecule has 4 fully saturated rings. The van der Waals surface area contributed by atoms with E-state index in [-0.39, 0.29) is 0 Å². The minimum atomic E-state index is 0.706. The molecule has 4 aliphatic heterocycles. The van der Waals surface area contributed by atoms with Gasteiger partial charge in [-0.3, -0.25) is 4.90 Å². The second-order valence-corrected chi connectivity index (χ2v) is 9.49. The summed E-state index contributed by atoms with van der Waals surface area (Å²) in [5.41, 5.74) is 0.706. The average molecular weight is 335 g/mol. The molecule has 0 unspecified atom stereocenters. The van der Waals surface area contributed by atoms with Crippen molar-refractivity contribution in [3.05, 3.63) is 0 Å². The van der Waals surface area contributed by atoms with Crippen LogP contribution in [-0.2, 0) is 0 Å². The Morgan fingerprint density at radius 1 is 0.750 bits per heavy atom. The highest BCUT2D eigenvalue weighted by Crippen LogP contribution is 2.42. The minimum absolute atomic E-state index is 0.706. The Bertz CT molecular complexity index is 394. The molecule has 0 bridgehead atoms. The number of hydrogen-bond donors (Lipinski definition) is 0. The first-order chi connectivity index (χ1) is 11.6. The largest absolute Gasteiger partial charge is 0.306 e. The van der Waals surface area contributed by atoms with Crippen LogP contribution in [0, 0.1) is 11.3 Å². The number of likely N-dealkylation sites (tertiary alicyclic amines) is 4. The fourth-order valence-electron chi connectivity index (χ4n) is 5.56. The van der Waals surface area contributed by atoms with Crippen LogP contribution in [0.2, 0.25) is 0 Å². The minimum Gasteiger partial charge on any atom is -0.306 e. The third-order valence-electron chi connectivity index (χ3n) is 7.55. The lowest BCUT2D eigenvalue weighted by Crippen LogP contribution is -2.64. The normalized spacial score (nSPS) is 32.2. The van der Waals surface area contributed by atoms with Crippen LogP contribution in [0.25, 0.3) is 0 Å². The van der Waals surface area contributed by atoms with Crippen LogP contribution in [0.4, 0.5) is 0 Å². The van der Waals surface area contributed by atoms with E-state index in [4.69, 9.17) is 0 Å². The van der Waals surface area contributed by atoms with Crippen molar-refractivity contribution in [1.82, 2.24) is 19.6 Å². The second kappa shape index (κ2) is 7.22. The van der Waals surface area contributed by atoms with Gasteiger partial charge in [-0.1, -0.05) is 0 Å². The molecule has 0 saturated carbocycles. The molecule has 0 aromatic heterocycles. The van der Waals surface area contributed by atoms with Crippen molar-refractivity contribution in [3.8, 4) is 0 Å². The van der Waals surface area contributed by atoms with Gasteiger partial charge in [-0.05, 0) is 103 Å². The van der Waals surface area contributed by atoms with E-state index in [1.807, 2.05) is 0 Å². The highest BCUT2D eigenvalue weighted by molar-refractivity contribution is 5.00. The summed E-state index contributed by atoms with van der Waals surface area (Å²) in [5, 5.41) is 0. The molecule has 0 radical (unpaired) electrons. The van der Waals surface area contributed by atoms with E-state index in [1.165, 1.54) is 97.4 Å². The molecule has 0 atom stereocenters. The van der Waals surface area contributed by atoms with Crippen LogP contribution in [-0.4, -0.2) is 98.6 Å². The molecule has 4 rings (SSSR count). The van der Waals surface area contributed by atoms with E-state index in [0.717, 1.165) is 12.0 Å². The van der Waals surface area contributed by atoms with Crippen molar-refractivity contribution in [2.45, 2.75) is 44.6 Å². The number of nitrogens with zero attached hydrogens (tertiary/aromatic N) is 4. The van der Waals surface area contributed by atoms with E-state index in [0.29, 0.717) is 5.41 Å². The van der Waals surface area contributed by atoms with E-state index >= 15 is 0 Å². The average Bonchev–Trinajstić information content (AvgIpc) is 2.57. The van der Waals surface area contributed by atoms with Crippen molar-refractivity contribution in [1.29, 1.82) is 0 Å². The van der Waals surface area contributed by atoms with Crippen molar-refractivity contribution in [2.75, 3.05) is 73.0 Å². The molecule has 1 spiro atoms. The molecule has 4 heteroatoms. The van der Waals surface area contributed by atoms with Gasteiger partial charge in [-0.2, -0.15) is 0 Å². The standard InChI is InChI=1S/C20H38N4/c1-21-9-3-18(4-10-21)15-23-11-5-19(6-12-23)24-16-20(17-24)7-13-22(2)14-8-20/h18-19H,3-17H2,1-2H3. The maximum absolute atomic E-state index is 2.83. The summed E-state index contributed by atoms with van der Waals surface area (Å²) in [6, 6.07) is 0.893. The molecule has 4 nitrogen and oxygen atoms in total. The highest BCUT2D eigenvalue weighted by Gasteiger charge is 2.46. The first-order valence-corrected chi connectivity index (χ1v) is 10.5. The smallest absolute Gasteiger partial charge is 0.0120 e. The van der Waals surface area contributed by atoms with Gasteiger partial charge in [0.2, 0.25) is 0 Å². The highest BCUT2D eigenvalue weighted by atomic mass is 15.3. The van der Waals surface area contributed by atoms with Crippen LogP contribution in [0.3, 0.4) is 0 Å². The summed E-state index contributed by atoms with van der Waals surface area (Å²) in [5.74, 6) is 0.962. The van der Waals surface area contributed by atoms with Gasteiger partial charge in [0.1, 0.15) is 0 Å². The van der Waals surface area contributed by atoms with Gasteiger partial charge < -0.3 is 14.7 Å². The lowest BCUT2D eigenvalue weighted by atomic mass is 9.71. The maximum atomic E-state index is 2.83. The Morgan fingerprint density at radius 2 is 1.33 bits per heavy atom. The topological polar surface area (TPSA) is 13.0 Å². The Kier molecular flexibility index (Phi) is 5.19. The van der Waals surface area contributed by atoms with Gasteiger partial charge >= 0.3 is 0 Å². The van der Waals surface area contributed by atoms with Crippen LogP contribution < -0.4 is 0 Å². The van der Waals surface area contributed by atoms with E-state index in [1.54, 1.807) is 0 Å². The van der Waals surface area contributed by atoms with E-state index in [9.17, 15) is 0 Å². The summed E-state index contributed by atoms with van der Waals surface area (Å²) in [4.78, 5) is 10.6. The zero-order valence-corrected chi connectivity index (χ0v) is 16.1. The third-order valence-corrected chi connectivity index (χ3v) is 7.55. The lowest BCUT2D eigenvalue weighted by Gasteiger charge is -2.57. The van der Waals surface area contributed by atoms with Crippen molar-refractivity contribution in [3.63, 3.8) is 0 Å². The van der Waals surface area contributed by atoms with Gasteiger partial charge in [-0.25, -0.2) is 0 Å². The van der Waals surface area contributed by atoms with Crippen LogP contribution in [0.1, 0.15) is 38.5 Å². The summed E-state index contributed by atoms with van der Waals surface area (Å²) in [7, 11) is 4.55. The summed E-state index contributed by atoms with van der Waals surface area (Å²) in [6.07, 6.45) is 8.55. The fraction of sp³-hybridized carbons (Fsp3) is 1.00. The third kappa shape index (κ3) is 3.82. The zero-order chi connectivity index (χ0) is 16.6. The molecule has 0 aromatic carbocycles. The summed E-state index contributed by atoms with van der Waals surface area (Å²) >= 11 is 0. The van der Waals surface area contributed by atoms with Crippen molar-refractivity contribution >= 4 is 0 Å². The molecule has 4 aliphatic rings. The van der Waals surface area contributed by atoms with E-state index < -0.39 is 0 Å². The van der Waals surface area contributed by atoms with Crippen LogP contribution >= 0.6 is 0 Å². The van der Waals surface area contributed by atoms with Crippen molar-refractivity contribution < 1.29 is 0 Å². The van der Waals surface area contributed by atoms with Gasteiger partial charge in [0.05, 0.1) is 0 Å². The monoisotopic (exact) mass is 334 g/mol. The molecule has 4 heterocycles. The molecule has 0 aliphatic carbocycles. The predicted molar refractivity (Wildman–Crippen MR) is 100 cm³/mol. The van der Waals surface area contributed by atoms with Gasteiger partial charge in [0.15, 0.2) is 0 Å². The summed E-state index contributed by atoms with van der Waals surface area (Å²) in [6.45, 7) is 12.1. The Labute approximate surface area is 149 Å². The summed E-state index contributed by atoms with van der Waals surface area (Å²) < 4.78 is 0. The fourth-order valence-corrected chi connectivity index (χ4v) is 5.56. The molecular formula is C20H38N4. The Morgan fingerprint density at radius 3 is 1.96 bits per heavy atom. The number of piperidine rings is 3. The second-order valence-electron chi connectivity index (χ2n) is 9.49. The molecule has 0 aromatic rings. The van der Waals surface area contributed by atoms with Crippen LogP contribution in [0.15, 0.2) is 0 Å². The van der Waals surface area contributed by atoms with Gasteiger partial charge in [0, 0.05) is 25.7 Å². The number of rotatable bonds is 3. The van der Waals surface area contributed by atoms with Gasteiger partial charge in [0.25, 0.3) is 0 Å². The predicted octanol–water partition coefficient (Wildman–Crippen LogP) is 1.82. The van der Waals surface area contributed by atoms with Crippen LogP contribution in [0.5, 0.6) is 0 Å². The lowest BCUT2D eigenvalue weighted by molar-refractivity contribution is -0.0781. The van der Waals surface area contributed by atoms with E-state index in [2.05, 4.69) is 33.7 Å². The molecule has 138 valence electrons. The Balaban J connectivity index is 1.16. The maximum Gasteiger partial charge on any atom is 0.0120 e. The Hall–Kier alpha value is -0.160. The molecule has 0 amide bonds. The quantitative estimate of drug-likeness (QED) is 0.780.